The minimum atomic E-state index is 0.889. The molecule has 0 N–H and O–H groups in total. The molecule has 1 fully saturated rings. The third-order valence-electron chi connectivity index (χ3n) is 7.36. The molecule has 0 atom stereocenters. The van der Waals surface area contributed by atoms with E-state index in [4.69, 9.17) is 4.98 Å². The second-order valence-corrected chi connectivity index (χ2v) is 9.79. The summed E-state index contributed by atoms with van der Waals surface area (Å²) < 4.78 is 0. The van der Waals surface area contributed by atoms with E-state index >= 15 is 0 Å². The molecule has 2 nitrogen and oxygen atoms in total. The molecule has 0 radical (unpaired) electrons. The number of benzene rings is 1. The molecule has 0 aliphatic heterocycles. The van der Waals surface area contributed by atoms with E-state index in [9.17, 15) is 0 Å². The van der Waals surface area contributed by atoms with Crippen LogP contribution in [0.3, 0.4) is 0 Å². The SMILES string of the molecule is CCCCCCc1ccccc1-c1ncncc1CCC1CCC(CCCCC)CC1. The molecule has 0 saturated heterocycles. The van der Waals surface area contributed by atoms with Crippen LogP contribution in [0.4, 0.5) is 0 Å². The molecule has 1 saturated carbocycles. The van der Waals surface area contributed by atoms with E-state index in [1.54, 1.807) is 6.33 Å². The molecule has 0 amide bonds. The van der Waals surface area contributed by atoms with Gasteiger partial charge in [0.1, 0.15) is 6.33 Å². The summed E-state index contributed by atoms with van der Waals surface area (Å²) in [5.41, 5.74) is 5.30. The van der Waals surface area contributed by atoms with Crippen molar-refractivity contribution in [3.05, 3.63) is 47.9 Å². The van der Waals surface area contributed by atoms with Gasteiger partial charge < -0.3 is 0 Å². The van der Waals surface area contributed by atoms with Crippen LogP contribution < -0.4 is 0 Å². The summed E-state index contributed by atoms with van der Waals surface area (Å²) in [6, 6.07) is 8.91. The van der Waals surface area contributed by atoms with Crippen molar-refractivity contribution in [2.24, 2.45) is 11.8 Å². The topological polar surface area (TPSA) is 25.8 Å². The molecule has 0 bridgehead atoms. The highest BCUT2D eigenvalue weighted by atomic mass is 14.8. The zero-order valence-electron chi connectivity index (χ0n) is 20.1. The van der Waals surface area contributed by atoms with Gasteiger partial charge in [0, 0.05) is 11.8 Å². The summed E-state index contributed by atoms with van der Waals surface area (Å²) in [6.07, 6.45) is 24.0. The van der Waals surface area contributed by atoms with Crippen LogP contribution in [0.25, 0.3) is 11.3 Å². The molecule has 31 heavy (non-hydrogen) atoms. The molecular weight excluding hydrogens is 376 g/mol. The number of unbranched alkanes of at least 4 members (excludes halogenated alkanes) is 5. The van der Waals surface area contributed by atoms with Crippen molar-refractivity contribution >= 4 is 0 Å². The first-order chi connectivity index (χ1) is 15.3. The third kappa shape index (κ3) is 7.74. The van der Waals surface area contributed by atoms with E-state index in [1.165, 1.54) is 106 Å². The lowest BCUT2D eigenvalue weighted by molar-refractivity contribution is 0.249. The first kappa shape index (κ1) is 24.0. The van der Waals surface area contributed by atoms with Crippen LogP contribution in [0.5, 0.6) is 0 Å². The Hall–Kier alpha value is -1.70. The lowest BCUT2D eigenvalue weighted by atomic mass is 9.77. The van der Waals surface area contributed by atoms with Gasteiger partial charge in [0.2, 0.25) is 0 Å². The van der Waals surface area contributed by atoms with E-state index in [0.29, 0.717) is 0 Å². The molecule has 3 rings (SSSR count). The van der Waals surface area contributed by atoms with Crippen LogP contribution in [-0.2, 0) is 12.8 Å². The number of nitrogens with zero attached hydrogens (tertiary/aromatic N) is 2. The molecule has 2 heteroatoms. The molecule has 0 spiro atoms. The van der Waals surface area contributed by atoms with Crippen molar-refractivity contribution < 1.29 is 0 Å². The van der Waals surface area contributed by atoms with Crippen molar-refractivity contribution in [1.82, 2.24) is 9.97 Å². The fourth-order valence-electron chi connectivity index (χ4n) is 5.35. The second-order valence-electron chi connectivity index (χ2n) is 9.79. The molecular formula is C29H44N2. The molecule has 170 valence electrons. The summed E-state index contributed by atoms with van der Waals surface area (Å²) in [7, 11) is 0. The summed E-state index contributed by atoms with van der Waals surface area (Å²) in [6.45, 7) is 4.59. The van der Waals surface area contributed by atoms with Crippen LogP contribution in [-0.4, -0.2) is 9.97 Å². The monoisotopic (exact) mass is 420 g/mol. The average Bonchev–Trinajstić information content (AvgIpc) is 2.82. The van der Waals surface area contributed by atoms with Gasteiger partial charge in [0.15, 0.2) is 0 Å². The van der Waals surface area contributed by atoms with Crippen molar-refractivity contribution in [3.63, 3.8) is 0 Å². The number of hydrogen-bond donors (Lipinski definition) is 0. The van der Waals surface area contributed by atoms with Crippen LogP contribution in [0.1, 0.15) is 108 Å². The zero-order chi connectivity index (χ0) is 21.7. The Morgan fingerprint density at radius 3 is 2.23 bits per heavy atom. The summed E-state index contributed by atoms with van der Waals surface area (Å²) in [5.74, 6) is 1.89. The summed E-state index contributed by atoms with van der Waals surface area (Å²) in [4.78, 5) is 9.15. The summed E-state index contributed by atoms with van der Waals surface area (Å²) in [5, 5.41) is 0. The molecule has 2 aromatic rings. The maximum absolute atomic E-state index is 4.76. The van der Waals surface area contributed by atoms with Crippen molar-refractivity contribution in [2.45, 2.75) is 110 Å². The van der Waals surface area contributed by atoms with E-state index < -0.39 is 0 Å². The third-order valence-corrected chi connectivity index (χ3v) is 7.36. The number of aryl methyl sites for hydroxylation is 2. The predicted molar refractivity (Wildman–Crippen MR) is 133 cm³/mol. The minimum Gasteiger partial charge on any atom is -0.244 e. The normalized spacial score (nSPS) is 18.9. The lowest BCUT2D eigenvalue weighted by Gasteiger charge is -2.28. The highest BCUT2D eigenvalue weighted by molar-refractivity contribution is 5.66. The van der Waals surface area contributed by atoms with E-state index in [-0.39, 0.29) is 0 Å². The molecule has 1 heterocycles. The van der Waals surface area contributed by atoms with Crippen molar-refractivity contribution in [2.75, 3.05) is 0 Å². The average molecular weight is 421 g/mol. The first-order valence-electron chi connectivity index (χ1n) is 13.2. The highest BCUT2D eigenvalue weighted by Gasteiger charge is 2.21. The Labute approximate surface area is 191 Å². The molecule has 1 aliphatic rings. The van der Waals surface area contributed by atoms with Gasteiger partial charge in [-0.3, -0.25) is 0 Å². The largest absolute Gasteiger partial charge is 0.244 e. The van der Waals surface area contributed by atoms with Gasteiger partial charge in [-0.05, 0) is 48.6 Å². The number of hydrogen-bond acceptors (Lipinski definition) is 2. The first-order valence-corrected chi connectivity index (χ1v) is 13.2. The predicted octanol–water partition coefficient (Wildman–Crippen LogP) is 8.59. The van der Waals surface area contributed by atoms with E-state index in [2.05, 4.69) is 49.3 Å². The summed E-state index contributed by atoms with van der Waals surface area (Å²) >= 11 is 0. The Bertz CT molecular complexity index is 746. The minimum absolute atomic E-state index is 0.889. The lowest BCUT2D eigenvalue weighted by Crippen LogP contribution is -2.15. The van der Waals surface area contributed by atoms with E-state index in [1.807, 2.05) is 0 Å². The molecule has 0 unspecified atom stereocenters. The van der Waals surface area contributed by atoms with Gasteiger partial charge in [-0.2, -0.15) is 0 Å². The zero-order valence-corrected chi connectivity index (χ0v) is 20.1. The maximum Gasteiger partial charge on any atom is 0.116 e. The molecule has 1 aliphatic carbocycles. The van der Waals surface area contributed by atoms with E-state index in [0.717, 1.165) is 24.7 Å². The van der Waals surface area contributed by atoms with Gasteiger partial charge in [-0.15, -0.1) is 0 Å². The Balaban J connectivity index is 1.57. The van der Waals surface area contributed by atoms with Gasteiger partial charge in [0.05, 0.1) is 5.69 Å². The van der Waals surface area contributed by atoms with Crippen LogP contribution in [0.15, 0.2) is 36.8 Å². The molecule has 1 aromatic heterocycles. The Morgan fingerprint density at radius 2 is 1.45 bits per heavy atom. The standard InChI is InChI=1S/C29H44N2/c1-3-5-7-9-13-26-14-10-11-15-28(26)29-27(22-30-23-31-29)21-20-25-18-16-24(17-19-25)12-8-6-4-2/h10-11,14-15,22-25H,3-9,12-13,16-21H2,1-2H3. The number of rotatable bonds is 13. The quantitative estimate of drug-likeness (QED) is 0.303. The van der Waals surface area contributed by atoms with Gasteiger partial charge >= 0.3 is 0 Å². The van der Waals surface area contributed by atoms with Gasteiger partial charge in [-0.25, -0.2) is 9.97 Å². The smallest absolute Gasteiger partial charge is 0.116 e. The van der Waals surface area contributed by atoms with Crippen LogP contribution in [0.2, 0.25) is 0 Å². The fourth-order valence-corrected chi connectivity index (χ4v) is 5.35. The van der Waals surface area contributed by atoms with Crippen molar-refractivity contribution in [1.29, 1.82) is 0 Å². The van der Waals surface area contributed by atoms with Gasteiger partial charge in [0.25, 0.3) is 0 Å². The highest BCUT2D eigenvalue weighted by Crippen LogP contribution is 2.35. The number of aromatic nitrogens is 2. The Morgan fingerprint density at radius 1 is 0.742 bits per heavy atom. The van der Waals surface area contributed by atoms with Gasteiger partial charge in [-0.1, -0.05) is 109 Å². The van der Waals surface area contributed by atoms with Crippen LogP contribution in [0, 0.1) is 11.8 Å². The molecule has 1 aromatic carbocycles. The van der Waals surface area contributed by atoms with Crippen LogP contribution >= 0.6 is 0 Å². The second kappa shape index (κ2) is 13.7. The Kier molecular flexibility index (Phi) is 10.6. The maximum atomic E-state index is 4.76. The van der Waals surface area contributed by atoms with Crippen molar-refractivity contribution in [3.8, 4) is 11.3 Å². The fraction of sp³-hybridized carbons (Fsp3) is 0.655.